The molecule has 2 rings (SSSR count). The zero-order chi connectivity index (χ0) is 20.2. The second-order valence-electron chi connectivity index (χ2n) is 6.61. The number of rotatable bonds is 7. The molecule has 11 nitrogen and oxygen atoms in total. The molecule has 1 atom stereocenters. The van der Waals surface area contributed by atoms with Crippen LogP contribution in [-0.4, -0.2) is 47.2 Å². The molecule has 0 aliphatic rings. The summed E-state index contributed by atoms with van der Waals surface area (Å²) in [5.74, 6) is -0.169. The van der Waals surface area contributed by atoms with Crippen LogP contribution in [0.3, 0.4) is 0 Å². The van der Waals surface area contributed by atoms with Crippen molar-refractivity contribution in [2.75, 3.05) is 17.8 Å². The fraction of sp³-hybridized carbons (Fsp3) is 0.533. The third kappa shape index (κ3) is 4.98. The van der Waals surface area contributed by atoms with Crippen LogP contribution in [0.5, 0.6) is 0 Å². The maximum Gasteiger partial charge on any atom is 0.343 e. The van der Waals surface area contributed by atoms with Crippen LogP contribution < -0.4 is 5.32 Å². The number of aromatic amines is 1. The van der Waals surface area contributed by atoms with Crippen molar-refractivity contribution in [3.05, 3.63) is 17.5 Å². The first kappa shape index (κ1) is 20.7. The van der Waals surface area contributed by atoms with Gasteiger partial charge in [-0.1, -0.05) is 20.8 Å². The molecule has 148 valence electrons. The summed E-state index contributed by atoms with van der Waals surface area (Å²) in [6.07, 6.45) is 1.31. The number of anilines is 1. The van der Waals surface area contributed by atoms with Crippen LogP contribution in [-0.2, 0) is 28.3 Å². The smallest absolute Gasteiger partial charge is 0.343 e. The molecular weight excluding hydrogens is 374 g/mol. The molecule has 2 aromatic heterocycles. The van der Waals surface area contributed by atoms with Crippen molar-refractivity contribution < 1.29 is 18.3 Å². The van der Waals surface area contributed by atoms with E-state index in [-0.39, 0.29) is 29.3 Å². The molecule has 0 spiro atoms. The number of carbonyl (C=O) groups is 1. The first-order chi connectivity index (χ1) is 12.6. The number of azo groups is 1. The number of H-pyrrole nitrogens is 1. The highest BCUT2D eigenvalue weighted by molar-refractivity contribution is 7.79. The molecule has 3 N–H and O–H groups in total. The molecule has 0 aliphatic carbocycles. The van der Waals surface area contributed by atoms with Crippen molar-refractivity contribution >= 4 is 34.4 Å². The van der Waals surface area contributed by atoms with Crippen LogP contribution in [0.2, 0.25) is 0 Å². The number of aryl methyl sites for hydroxylation is 1. The zero-order valence-corrected chi connectivity index (χ0v) is 16.6. The van der Waals surface area contributed by atoms with E-state index >= 15 is 0 Å². The van der Waals surface area contributed by atoms with Gasteiger partial charge >= 0.3 is 5.97 Å². The van der Waals surface area contributed by atoms with Crippen molar-refractivity contribution in [2.45, 2.75) is 33.1 Å². The third-order valence-electron chi connectivity index (χ3n) is 3.46. The average molecular weight is 397 g/mol. The van der Waals surface area contributed by atoms with Crippen LogP contribution in [0, 0.1) is 0 Å². The molecule has 2 heterocycles. The Balaban J connectivity index is 2.45. The molecule has 2 aromatic rings. The van der Waals surface area contributed by atoms with Crippen molar-refractivity contribution in [2.24, 2.45) is 17.3 Å². The largest absolute Gasteiger partial charge is 0.462 e. The molecule has 1 unspecified atom stereocenters. The maximum atomic E-state index is 11.9. The lowest BCUT2D eigenvalue weighted by molar-refractivity contribution is 0.0527. The van der Waals surface area contributed by atoms with E-state index in [9.17, 15) is 9.00 Å². The number of nitrogens with one attached hydrogen (secondary N) is 2. The molecule has 27 heavy (non-hydrogen) atoms. The lowest BCUT2D eigenvalue weighted by atomic mass is 9.91. The summed E-state index contributed by atoms with van der Waals surface area (Å²) in [6.45, 7) is 7.81. The summed E-state index contributed by atoms with van der Waals surface area (Å²) in [7, 11) is 1.69. The summed E-state index contributed by atoms with van der Waals surface area (Å²) in [5, 5.41) is 22.0. The van der Waals surface area contributed by atoms with E-state index in [1.54, 1.807) is 14.0 Å². The maximum absolute atomic E-state index is 11.9. The molecule has 0 saturated heterocycles. The van der Waals surface area contributed by atoms with Gasteiger partial charge in [-0.05, 0) is 6.92 Å². The molecule has 0 aromatic carbocycles. The second-order valence-corrected chi connectivity index (χ2v) is 7.55. The Morgan fingerprint density at radius 3 is 2.74 bits per heavy atom. The van der Waals surface area contributed by atoms with Gasteiger partial charge in [-0.3, -0.25) is 9.78 Å². The minimum atomic E-state index is -2.04. The summed E-state index contributed by atoms with van der Waals surface area (Å²) in [5.41, 5.74) is 0.840. The Morgan fingerprint density at radius 2 is 2.15 bits per heavy atom. The van der Waals surface area contributed by atoms with Gasteiger partial charge < -0.3 is 14.6 Å². The summed E-state index contributed by atoms with van der Waals surface area (Å²) in [4.78, 5) is 11.9. The highest BCUT2D eigenvalue weighted by Gasteiger charge is 2.27. The predicted octanol–water partition coefficient (Wildman–Crippen LogP) is 2.62. The first-order valence-electron chi connectivity index (χ1n) is 8.16. The van der Waals surface area contributed by atoms with Crippen LogP contribution in [0.25, 0.3) is 0 Å². The normalized spacial score (nSPS) is 13.1. The monoisotopic (exact) mass is 397 g/mol. The van der Waals surface area contributed by atoms with E-state index in [1.165, 1.54) is 10.9 Å². The van der Waals surface area contributed by atoms with Crippen molar-refractivity contribution in [1.82, 2.24) is 20.0 Å². The molecule has 0 saturated carbocycles. The van der Waals surface area contributed by atoms with Gasteiger partial charge in [-0.2, -0.15) is 10.2 Å². The lowest BCUT2D eigenvalue weighted by Gasteiger charge is -2.15. The Kier molecular flexibility index (Phi) is 6.44. The van der Waals surface area contributed by atoms with Crippen LogP contribution in [0.1, 0.15) is 43.7 Å². The first-order valence-corrected chi connectivity index (χ1v) is 9.43. The van der Waals surface area contributed by atoms with Crippen molar-refractivity contribution in [3.63, 3.8) is 0 Å². The van der Waals surface area contributed by atoms with E-state index in [0.29, 0.717) is 17.2 Å². The van der Waals surface area contributed by atoms with E-state index in [1.807, 2.05) is 20.8 Å². The lowest BCUT2D eigenvalue weighted by Crippen LogP contribution is -2.12. The summed E-state index contributed by atoms with van der Waals surface area (Å²) in [6, 6.07) is 0. The third-order valence-corrected chi connectivity index (χ3v) is 3.85. The summed E-state index contributed by atoms with van der Waals surface area (Å²) >= 11 is -2.04. The number of aromatic nitrogens is 4. The van der Waals surface area contributed by atoms with Crippen molar-refractivity contribution in [3.8, 4) is 0 Å². The highest BCUT2D eigenvalue weighted by atomic mass is 32.2. The summed E-state index contributed by atoms with van der Waals surface area (Å²) < 4.78 is 26.6. The number of carbonyl (C=O) groups excluding carboxylic acids is 1. The minimum Gasteiger partial charge on any atom is -0.462 e. The average Bonchev–Trinajstić information content (AvgIpc) is 3.15. The number of esters is 1. The highest BCUT2D eigenvalue weighted by Crippen LogP contribution is 2.37. The van der Waals surface area contributed by atoms with E-state index < -0.39 is 17.0 Å². The Morgan fingerprint density at radius 1 is 1.44 bits per heavy atom. The molecule has 12 heteroatoms. The Bertz CT molecular complexity index is 866. The standard InChI is InChI=1S/C15H23N7O4S/c1-6-26-14(23)9-7-17-19-12(9)20-18-10-11(15(2,3)4)21-22(5)13(10)16-8-27(24)25/h7,16H,6,8H2,1-5H3,(H,17,19)(H,24,25). The van der Waals surface area contributed by atoms with Gasteiger partial charge in [0.2, 0.25) is 0 Å². The molecular formula is C15H23N7O4S. The molecule has 0 aliphatic heterocycles. The van der Waals surface area contributed by atoms with Crippen LogP contribution >= 0.6 is 0 Å². The van der Waals surface area contributed by atoms with Gasteiger partial charge in [0.1, 0.15) is 11.4 Å². The van der Waals surface area contributed by atoms with E-state index in [0.717, 1.165) is 0 Å². The fourth-order valence-corrected chi connectivity index (χ4v) is 2.51. The molecule has 0 fully saturated rings. The number of hydrogen-bond acceptors (Lipinski definition) is 8. The quantitative estimate of drug-likeness (QED) is 0.369. The minimum absolute atomic E-state index is 0.147. The Labute approximate surface area is 158 Å². The second kappa shape index (κ2) is 8.39. The van der Waals surface area contributed by atoms with Crippen LogP contribution in [0.4, 0.5) is 17.3 Å². The SMILES string of the molecule is CCOC(=O)c1cn[nH]c1N=Nc1c(C(C)(C)C)nn(C)c1NCS(=O)O. The van der Waals surface area contributed by atoms with Gasteiger partial charge in [-0.15, -0.1) is 10.2 Å². The fourth-order valence-electron chi connectivity index (χ4n) is 2.25. The van der Waals surface area contributed by atoms with E-state index in [2.05, 4.69) is 30.8 Å². The molecule has 0 amide bonds. The van der Waals surface area contributed by atoms with Crippen LogP contribution in [0.15, 0.2) is 16.4 Å². The van der Waals surface area contributed by atoms with Gasteiger partial charge in [0.05, 0.1) is 18.5 Å². The molecule has 0 bridgehead atoms. The van der Waals surface area contributed by atoms with Gasteiger partial charge in [0.15, 0.2) is 28.4 Å². The number of nitrogens with zero attached hydrogens (tertiary/aromatic N) is 5. The van der Waals surface area contributed by atoms with E-state index in [4.69, 9.17) is 9.29 Å². The van der Waals surface area contributed by atoms with Crippen molar-refractivity contribution in [1.29, 1.82) is 0 Å². The number of hydrogen-bond donors (Lipinski definition) is 3. The molecule has 0 radical (unpaired) electrons. The van der Waals surface area contributed by atoms with Gasteiger partial charge in [0.25, 0.3) is 0 Å². The van der Waals surface area contributed by atoms with Gasteiger partial charge in [0, 0.05) is 12.5 Å². The Hall–Kier alpha value is -2.60. The predicted molar refractivity (Wildman–Crippen MR) is 99.9 cm³/mol. The zero-order valence-electron chi connectivity index (χ0n) is 15.8. The number of ether oxygens (including phenoxy) is 1. The van der Waals surface area contributed by atoms with Gasteiger partial charge in [-0.25, -0.2) is 9.00 Å². The topological polar surface area (TPSA) is 147 Å².